The van der Waals surface area contributed by atoms with Crippen LogP contribution in [0.3, 0.4) is 0 Å². The topological polar surface area (TPSA) is 38.5 Å². The number of morpholine rings is 1. The maximum Gasteiger partial charge on any atom is 0.0726 e. The van der Waals surface area contributed by atoms with E-state index < -0.39 is 0 Å². The van der Waals surface area contributed by atoms with E-state index in [9.17, 15) is 0 Å². The quantitative estimate of drug-likeness (QED) is 0.912. The summed E-state index contributed by atoms with van der Waals surface area (Å²) in [6, 6.07) is 6.44. The number of ether oxygens (including phenoxy) is 1. The summed E-state index contributed by atoms with van der Waals surface area (Å²) in [6.07, 6.45) is 0.544. The lowest BCUT2D eigenvalue weighted by Gasteiger charge is -2.37. The van der Waals surface area contributed by atoms with Crippen molar-refractivity contribution < 1.29 is 4.74 Å². The zero-order valence-corrected chi connectivity index (χ0v) is 12.8. The fourth-order valence-corrected chi connectivity index (χ4v) is 3.08. The Balaban J connectivity index is 2.22. The van der Waals surface area contributed by atoms with Crippen LogP contribution in [0.1, 0.15) is 32.4 Å². The van der Waals surface area contributed by atoms with Crippen molar-refractivity contribution in [3.63, 3.8) is 0 Å². The molecule has 1 saturated heterocycles. The molecular weight excluding hydrogens is 292 g/mol. The van der Waals surface area contributed by atoms with Gasteiger partial charge in [-0.25, -0.2) is 0 Å². The highest BCUT2D eigenvalue weighted by atomic mass is 79.9. The van der Waals surface area contributed by atoms with Gasteiger partial charge in [0.25, 0.3) is 0 Å². The van der Waals surface area contributed by atoms with Crippen LogP contribution >= 0.6 is 15.9 Å². The summed E-state index contributed by atoms with van der Waals surface area (Å²) >= 11 is 3.65. The van der Waals surface area contributed by atoms with Gasteiger partial charge in [-0.05, 0) is 54.4 Å². The summed E-state index contributed by atoms with van der Waals surface area (Å²) in [4.78, 5) is 2.37. The van der Waals surface area contributed by atoms with Gasteiger partial charge in [0.15, 0.2) is 0 Å². The molecule has 0 aromatic heterocycles. The minimum Gasteiger partial charge on any atom is -0.372 e. The highest BCUT2D eigenvalue weighted by molar-refractivity contribution is 9.10. The number of anilines is 1. The smallest absolute Gasteiger partial charge is 0.0726 e. The Bertz CT molecular complexity index is 412. The van der Waals surface area contributed by atoms with Crippen LogP contribution in [-0.4, -0.2) is 25.3 Å². The molecule has 0 aliphatic carbocycles. The Morgan fingerprint density at radius 1 is 1.33 bits per heavy atom. The predicted molar refractivity (Wildman–Crippen MR) is 79.0 cm³/mol. The molecule has 3 atom stereocenters. The van der Waals surface area contributed by atoms with E-state index in [1.807, 2.05) is 6.92 Å². The van der Waals surface area contributed by atoms with Gasteiger partial charge in [-0.15, -0.1) is 0 Å². The second kappa shape index (κ2) is 5.59. The zero-order chi connectivity index (χ0) is 13.3. The Morgan fingerprint density at radius 2 is 1.94 bits per heavy atom. The van der Waals surface area contributed by atoms with Crippen LogP contribution in [0.15, 0.2) is 22.7 Å². The van der Waals surface area contributed by atoms with E-state index in [1.54, 1.807) is 0 Å². The minimum absolute atomic E-state index is 0.0675. The van der Waals surface area contributed by atoms with E-state index in [-0.39, 0.29) is 18.2 Å². The molecule has 0 unspecified atom stereocenters. The number of hydrogen-bond donors (Lipinski definition) is 1. The molecule has 0 saturated carbocycles. The molecular formula is C14H21BrN2O. The molecule has 1 heterocycles. The first kappa shape index (κ1) is 13.8. The van der Waals surface area contributed by atoms with Gasteiger partial charge in [-0.1, -0.05) is 6.07 Å². The highest BCUT2D eigenvalue weighted by Gasteiger charge is 2.23. The van der Waals surface area contributed by atoms with E-state index >= 15 is 0 Å². The normalized spacial score (nSPS) is 26.2. The second-order valence-corrected chi connectivity index (χ2v) is 6.02. The van der Waals surface area contributed by atoms with Gasteiger partial charge in [0.2, 0.25) is 0 Å². The number of nitrogens with two attached hydrogens (primary N) is 1. The summed E-state index contributed by atoms with van der Waals surface area (Å²) in [5.74, 6) is 0. The summed E-state index contributed by atoms with van der Waals surface area (Å²) in [5.41, 5.74) is 8.28. The Kier molecular flexibility index (Phi) is 4.30. The van der Waals surface area contributed by atoms with Gasteiger partial charge < -0.3 is 15.4 Å². The van der Waals surface area contributed by atoms with Crippen molar-refractivity contribution in [1.82, 2.24) is 0 Å². The van der Waals surface area contributed by atoms with E-state index in [2.05, 4.69) is 52.9 Å². The lowest BCUT2D eigenvalue weighted by atomic mass is 10.1. The molecule has 1 aliphatic heterocycles. The molecule has 0 bridgehead atoms. The largest absolute Gasteiger partial charge is 0.372 e. The average Bonchev–Trinajstić information content (AvgIpc) is 2.27. The zero-order valence-electron chi connectivity index (χ0n) is 11.2. The van der Waals surface area contributed by atoms with Crippen molar-refractivity contribution in [2.45, 2.75) is 39.0 Å². The van der Waals surface area contributed by atoms with Crippen LogP contribution in [-0.2, 0) is 4.74 Å². The molecule has 1 aromatic rings. The monoisotopic (exact) mass is 312 g/mol. The molecule has 1 fully saturated rings. The van der Waals surface area contributed by atoms with Crippen molar-refractivity contribution in [2.75, 3.05) is 18.0 Å². The highest BCUT2D eigenvalue weighted by Crippen LogP contribution is 2.30. The van der Waals surface area contributed by atoms with Gasteiger partial charge in [-0.2, -0.15) is 0 Å². The van der Waals surface area contributed by atoms with Gasteiger partial charge in [0, 0.05) is 23.6 Å². The SMILES string of the molecule is C[C@@H]1CN(c2ccc([C@@H](C)N)cc2Br)C[C@H](C)O1. The molecule has 3 nitrogen and oxygen atoms in total. The lowest BCUT2D eigenvalue weighted by Crippen LogP contribution is -2.45. The molecule has 0 amide bonds. The maximum atomic E-state index is 5.90. The standard InChI is InChI=1S/C14H21BrN2O/c1-9-7-17(8-10(2)18-9)14-5-4-12(11(3)16)6-13(14)15/h4-6,9-11H,7-8,16H2,1-3H3/t9-,10+,11-/m1/s1. The molecule has 100 valence electrons. The van der Waals surface area contributed by atoms with Gasteiger partial charge in [-0.3, -0.25) is 0 Å². The van der Waals surface area contributed by atoms with Crippen molar-refractivity contribution in [1.29, 1.82) is 0 Å². The molecule has 4 heteroatoms. The molecule has 1 aliphatic rings. The second-order valence-electron chi connectivity index (χ2n) is 5.16. The molecule has 2 N–H and O–H groups in total. The van der Waals surface area contributed by atoms with Crippen LogP contribution in [0.4, 0.5) is 5.69 Å². The van der Waals surface area contributed by atoms with E-state index in [4.69, 9.17) is 10.5 Å². The number of rotatable bonds is 2. The third kappa shape index (κ3) is 3.05. The van der Waals surface area contributed by atoms with Crippen molar-refractivity contribution in [3.8, 4) is 0 Å². The number of hydrogen-bond acceptors (Lipinski definition) is 3. The number of benzene rings is 1. The summed E-state index contributed by atoms with van der Waals surface area (Å²) in [5, 5.41) is 0. The third-order valence-corrected chi connectivity index (χ3v) is 3.89. The van der Waals surface area contributed by atoms with Crippen molar-refractivity contribution in [2.24, 2.45) is 5.73 Å². The first-order valence-corrected chi connectivity index (χ1v) is 7.22. The van der Waals surface area contributed by atoms with E-state index in [0.717, 1.165) is 23.1 Å². The van der Waals surface area contributed by atoms with Crippen LogP contribution in [0.2, 0.25) is 0 Å². The summed E-state index contributed by atoms with van der Waals surface area (Å²) < 4.78 is 6.87. The first-order valence-electron chi connectivity index (χ1n) is 6.43. The Labute approximate surface area is 117 Å². The molecule has 1 aromatic carbocycles. The van der Waals surface area contributed by atoms with Crippen molar-refractivity contribution in [3.05, 3.63) is 28.2 Å². The fourth-order valence-electron chi connectivity index (χ4n) is 2.44. The van der Waals surface area contributed by atoms with Crippen LogP contribution < -0.4 is 10.6 Å². The van der Waals surface area contributed by atoms with Gasteiger partial charge in [0.05, 0.1) is 17.9 Å². The van der Waals surface area contributed by atoms with Gasteiger partial charge >= 0.3 is 0 Å². The maximum absolute atomic E-state index is 5.90. The van der Waals surface area contributed by atoms with E-state index in [1.165, 1.54) is 5.69 Å². The summed E-state index contributed by atoms with van der Waals surface area (Å²) in [7, 11) is 0. The molecule has 0 radical (unpaired) electrons. The number of halogens is 1. The third-order valence-electron chi connectivity index (χ3n) is 3.26. The van der Waals surface area contributed by atoms with Gasteiger partial charge in [0.1, 0.15) is 0 Å². The molecule has 0 spiro atoms. The molecule has 18 heavy (non-hydrogen) atoms. The van der Waals surface area contributed by atoms with Crippen molar-refractivity contribution >= 4 is 21.6 Å². The fraction of sp³-hybridized carbons (Fsp3) is 0.571. The first-order chi connectivity index (χ1) is 8.47. The Hall–Kier alpha value is -0.580. The Morgan fingerprint density at radius 3 is 2.44 bits per heavy atom. The lowest BCUT2D eigenvalue weighted by molar-refractivity contribution is -0.00525. The predicted octanol–water partition coefficient (Wildman–Crippen LogP) is 3.08. The summed E-state index contributed by atoms with van der Waals surface area (Å²) in [6.45, 7) is 8.10. The van der Waals surface area contributed by atoms with Crippen LogP contribution in [0.25, 0.3) is 0 Å². The number of nitrogens with zero attached hydrogens (tertiary/aromatic N) is 1. The van der Waals surface area contributed by atoms with Crippen LogP contribution in [0, 0.1) is 0 Å². The average molecular weight is 313 g/mol. The molecule has 2 rings (SSSR count). The van der Waals surface area contributed by atoms with Crippen LogP contribution in [0.5, 0.6) is 0 Å². The van der Waals surface area contributed by atoms with E-state index in [0.29, 0.717) is 0 Å². The minimum atomic E-state index is 0.0675.